The van der Waals surface area contributed by atoms with Crippen molar-refractivity contribution in [2.45, 2.75) is 37.8 Å². The number of carbonyl (C=O) groups is 1. The van der Waals surface area contributed by atoms with Gasteiger partial charge in [-0.2, -0.15) is 5.10 Å². The number of ether oxygens (including phenoxy) is 1. The Balaban J connectivity index is 1.69. The normalized spacial score (nSPS) is 29.6. The first-order chi connectivity index (χ1) is 9.75. The first kappa shape index (κ1) is 13.4. The summed E-state index contributed by atoms with van der Waals surface area (Å²) in [5.41, 5.74) is 0.974. The quantitative estimate of drug-likeness (QED) is 0.855. The maximum Gasteiger partial charge on any atom is 0.226 e. The van der Waals surface area contributed by atoms with Crippen LogP contribution in [-0.4, -0.2) is 28.3 Å². The molecule has 1 fully saturated rings. The summed E-state index contributed by atoms with van der Waals surface area (Å²) in [6, 6.07) is 2.11. The number of nitrogens with one attached hydrogen (secondary N) is 1. The zero-order valence-corrected chi connectivity index (χ0v) is 11.8. The molecule has 20 heavy (non-hydrogen) atoms. The van der Waals surface area contributed by atoms with Gasteiger partial charge in [0.05, 0.1) is 11.6 Å². The largest absolute Gasteiger partial charge is 0.371 e. The van der Waals surface area contributed by atoms with Crippen molar-refractivity contribution in [2.75, 3.05) is 6.61 Å². The molecule has 0 radical (unpaired) electrons. The van der Waals surface area contributed by atoms with Crippen molar-refractivity contribution < 1.29 is 9.53 Å². The van der Waals surface area contributed by atoms with E-state index in [-0.39, 0.29) is 24.0 Å². The lowest BCUT2D eigenvalue weighted by atomic mass is 9.96. The molecule has 0 spiro atoms. The van der Waals surface area contributed by atoms with Gasteiger partial charge in [-0.15, -0.1) is 0 Å². The predicted molar refractivity (Wildman–Crippen MR) is 74.9 cm³/mol. The van der Waals surface area contributed by atoms with E-state index in [1.165, 1.54) is 0 Å². The molecule has 1 amide bonds. The fraction of sp³-hybridized carbons (Fsp3) is 0.600. The number of carbonyl (C=O) groups excluding carboxylic acids is 1. The molecule has 1 unspecified atom stereocenters. The van der Waals surface area contributed by atoms with Crippen molar-refractivity contribution in [3.05, 3.63) is 30.1 Å². The number of aryl methyl sites for hydroxylation is 1. The smallest absolute Gasteiger partial charge is 0.226 e. The van der Waals surface area contributed by atoms with Crippen LogP contribution in [0.15, 0.2) is 24.4 Å². The van der Waals surface area contributed by atoms with Crippen molar-refractivity contribution in [1.82, 2.24) is 15.1 Å². The molecule has 0 saturated carbocycles. The van der Waals surface area contributed by atoms with Crippen LogP contribution in [0, 0.1) is 5.92 Å². The molecule has 2 aliphatic rings. The lowest BCUT2D eigenvalue weighted by Crippen LogP contribution is -2.39. The van der Waals surface area contributed by atoms with Crippen LogP contribution in [0.1, 0.15) is 37.5 Å². The van der Waals surface area contributed by atoms with E-state index in [1.54, 1.807) is 10.9 Å². The highest BCUT2D eigenvalue weighted by molar-refractivity contribution is 5.80. The fourth-order valence-corrected chi connectivity index (χ4v) is 3.04. The standard InChI is InChI=1S/C15H21N3O2/c1-18-13(7-9-16-18)14-12(8-10-20-14)15(19)17-11-5-3-2-4-6-11/h3,5,7,9,11-12,14H,2,4,6,8,10H2,1H3,(H,17,19)/t11?,12-,14-/m1/s1. The molecular formula is C15H21N3O2. The van der Waals surface area contributed by atoms with Gasteiger partial charge in [-0.05, 0) is 31.7 Å². The van der Waals surface area contributed by atoms with E-state index >= 15 is 0 Å². The maximum atomic E-state index is 12.5. The molecule has 3 rings (SSSR count). The summed E-state index contributed by atoms with van der Waals surface area (Å²) in [5.74, 6) is -0.00836. The Labute approximate surface area is 119 Å². The van der Waals surface area contributed by atoms with Crippen molar-refractivity contribution >= 4 is 5.91 Å². The Hall–Kier alpha value is -1.62. The molecule has 0 aromatic carbocycles. The minimum Gasteiger partial charge on any atom is -0.371 e. The van der Waals surface area contributed by atoms with Gasteiger partial charge in [-0.1, -0.05) is 12.2 Å². The summed E-state index contributed by atoms with van der Waals surface area (Å²) in [4.78, 5) is 12.5. The Kier molecular flexibility index (Phi) is 3.87. The highest BCUT2D eigenvalue weighted by Crippen LogP contribution is 2.34. The SMILES string of the molecule is Cn1nccc1[C@@H]1OCC[C@H]1C(=O)NC1C=CCCC1. The minimum absolute atomic E-state index is 0.102. The van der Waals surface area contributed by atoms with E-state index in [0.29, 0.717) is 6.61 Å². The third-order valence-corrected chi connectivity index (χ3v) is 4.16. The van der Waals surface area contributed by atoms with Crippen LogP contribution < -0.4 is 5.32 Å². The predicted octanol–water partition coefficient (Wildman–Crippen LogP) is 1.72. The second-order valence-corrected chi connectivity index (χ2v) is 5.54. The second-order valence-electron chi connectivity index (χ2n) is 5.54. The van der Waals surface area contributed by atoms with Crippen LogP contribution in [0.4, 0.5) is 0 Å². The van der Waals surface area contributed by atoms with Crippen LogP contribution in [0.2, 0.25) is 0 Å². The van der Waals surface area contributed by atoms with Gasteiger partial charge in [-0.3, -0.25) is 9.48 Å². The van der Waals surface area contributed by atoms with Crippen molar-refractivity contribution in [3.63, 3.8) is 0 Å². The maximum absolute atomic E-state index is 12.5. The van der Waals surface area contributed by atoms with E-state index in [1.807, 2.05) is 13.1 Å². The fourth-order valence-electron chi connectivity index (χ4n) is 3.04. The molecule has 3 atom stereocenters. The third kappa shape index (κ3) is 2.63. The van der Waals surface area contributed by atoms with Crippen molar-refractivity contribution in [1.29, 1.82) is 0 Å². The highest BCUT2D eigenvalue weighted by atomic mass is 16.5. The number of hydrogen-bond acceptors (Lipinski definition) is 3. The number of hydrogen-bond donors (Lipinski definition) is 1. The van der Waals surface area contributed by atoms with E-state index in [9.17, 15) is 4.79 Å². The van der Waals surface area contributed by atoms with Crippen molar-refractivity contribution in [3.8, 4) is 0 Å². The lowest BCUT2D eigenvalue weighted by molar-refractivity contribution is -0.127. The number of allylic oxidation sites excluding steroid dienone is 1. The van der Waals surface area contributed by atoms with Gasteiger partial charge in [0.2, 0.25) is 5.91 Å². The van der Waals surface area contributed by atoms with Gasteiger partial charge < -0.3 is 10.1 Å². The van der Waals surface area contributed by atoms with Crippen molar-refractivity contribution in [2.24, 2.45) is 13.0 Å². The van der Waals surface area contributed by atoms with E-state index in [0.717, 1.165) is 31.4 Å². The Bertz CT molecular complexity index is 509. The summed E-state index contributed by atoms with van der Waals surface area (Å²) < 4.78 is 7.55. The molecule has 1 aromatic rings. The molecule has 108 valence electrons. The number of rotatable bonds is 3. The van der Waals surface area contributed by atoms with Gasteiger partial charge in [0.25, 0.3) is 0 Å². The second kappa shape index (κ2) is 5.79. The highest BCUT2D eigenvalue weighted by Gasteiger charge is 2.37. The molecule has 1 N–H and O–H groups in total. The Morgan fingerprint density at radius 1 is 1.50 bits per heavy atom. The summed E-state index contributed by atoms with van der Waals surface area (Å²) in [5, 5.41) is 7.30. The molecule has 1 saturated heterocycles. The molecular weight excluding hydrogens is 254 g/mol. The van der Waals surface area contributed by atoms with Gasteiger partial charge in [0.1, 0.15) is 6.10 Å². The minimum atomic E-state index is -0.171. The number of aromatic nitrogens is 2. The third-order valence-electron chi connectivity index (χ3n) is 4.16. The number of amides is 1. The molecule has 1 aliphatic heterocycles. The van der Waals surface area contributed by atoms with Crippen LogP contribution in [0.5, 0.6) is 0 Å². The van der Waals surface area contributed by atoms with E-state index in [4.69, 9.17) is 4.74 Å². The molecule has 2 heterocycles. The summed E-state index contributed by atoms with van der Waals surface area (Å²) in [6.45, 7) is 0.633. The van der Waals surface area contributed by atoms with Gasteiger partial charge in [-0.25, -0.2) is 0 Å². The van der Waals surface area contributed by atoms with E-state index in [2.05, 4.69) is 22.6 Å². The zero-order chi connectivity index (χ0) is 13.9. The zero-order valence-electron chi connectivity index (χ0n) is 11.8. The average Bonchev–Trinajstić information content (AvgIpc) is 3.07. The monoisotopic (exact) mass is 275 g/mol. The molecule has 0 bridgehead atoms. The lowest BCUT2D eigenvalue weighted by Gasteiger charge is -2.23. The average molecular weight is 275 g/mol. The van der Waals surface area contributed by atoms with Crippen LogP contribution in [0.3, 0.4) is 0 Å². The van der Waals surface area contributed by atoms with Gasteiger partial charge in [0, 0.05) is 25.9 Å². The van der Waals surface area contributed by atoms with Gasteiger partial charge >= 0.3 is 0 Å². The van der Waals surface area contributed by atoms with Crippen LogP contribution >= 0.6 is 0 Å². The summed E-state index contributed by atoms with van der Waals surface area (Å²) in [7, 11) is 1.88. The molecule has 5 nitrogen and oxygen atoms in total. The Morgan fingerprint density at radius 2 is 2.40 bits per heavy atom. The molecule has 5 heteroatoms. The summed E-state index contributed by atoms with van der Waals surface area (Å²) >= 11 is 0. The van der Waals surface area contributed by atoms with Crippen LogP contribution in [0.25, 0.3) is 0 Å². The first-order valence-electron chi connectivity index (χ1n) is 7.32. The molecule has 1 aliphatic carbocycles. The first-order valence-corrected chi connectivity index (χ1v) is 7.32. The van der Waals surface area contributed by atoms with Crippen LogP contribution in [-0.2, 0) is 16.6 Å². The number of nitrogens with zero attached hydrogens (tertiary/aromatic N) is 2. The topological polar surface area (TPSA) is 56.2 Å². The van der Waals surface area contributed by atoms with E-state index < -0.39 is 0 Å². The summed E-state index contributed by atoms with van der Waals surface area (Å²) in [6.07, 6.45) is 9.91. The molecule has 1 aromatic heterocycles. The Morgan fingerprint density at radius 3 is 3.10 bits per heavy atom. The van der Waals surface area contributed by atoms with Gasteiger partial charge in [0.15, 0.2) is 0 Å².